The highest BCUT2D eigenvalue weighted by Crippen LogP contribution is 2.50. The molecule has 2 aromatic carbocycles. The molecule has 0 aliphatic heterocycles. The van der Waals surface area contributed by atoms with E-state index in [1.165, 1.54) is 12.1 Å². The van der Waals surface area contributed by atoms with E-state index >= 15 is 0 Å². The number of rotatable bonds is 7. The summed E-state index contributed by atoms with van der Waals surface area (Å²) in [4.78, 5) is 12.4. The summed E-state index contributed by atoms with van der Waals surface area (Å²) in [5, 5.41) is 1.40. The molecule has 36 heavy (non-hydrogen) atoms. The summed E-state index contributed by atoms with van der Waals surface area (Å²) in [5.41, 5.74) is -0.464. The van der Waals surface area contributed by atoms with Crippen molar-refractivity contribution in [1.82, 2.24) is 0 Å². The average Bonchev–Trinajstić information content (AvgIpc) is 3.07. The first kappa shape index (κ1) is 26.9. The predicted molar refractivity (Wildman–Crippen MR) is 126 cm³/mol. The van der Waals surface area contributed by atoms with E-state index < -0.39 is 48.6 Å². The van der Waals surface area contributed by atoms with Crippen LogP contribution in [-0.4, -0.2) is 40.9 Å². The number of benzene rings is 2. The number of amides is 1. The molecule has 0 heterocycles. The first-order valence-corrected chi connectivity index (χ1v) is 14.8. The predicted octanol–water partition coefficient (Wildman–Crippen LogP) is 4.56. The largest absolute Gasteiger partial charge is 0.322 e. The number of nitrogens with one attached hydrogen (secondary N) is 1. The Morgan fingerprint density at radius 1 is 1.03 bits per heavy atom. The van der Waals surface area contributed by atoms with Crippen LogP contribution in [0.1, 0.15) is 36.0 Å². The topological polar surface area (TPSA) is 107 Å². The van der Waals surface area contributed by atoms with E-state index in [9.17, 15) is 34.8 Å². The number of halogens is 4. The average molecular weight is 566 g/mol. The lowest BCUT2D eigenvalue weighted by atomic mass is 9.81. The molecule has 196 valence electrons. The lowest BCUT2D eigenvalue weighted by Gasteiger charge is -2.34. The molecule has 7 nitrogen and oxygen atoms in total. The first-order valence-electron chi connectivity index (χ1n) is 11.1. The van der Waals surface area contributed by atoms with Crippen LogP contribution in [0.15, 0.2) is 35.2 Å². The summed E-state index contributed by atoms with van der Waals surface area (Å²) >= 11 is 6.23. The Hall–Kier alpha value is -2.15. The van der Waals surface area contributed by atoms with Crippen LogP contribution in [0.5, 0.6) is 0 Å². The quantitative estimate of drug-likeness (QED) is 0.389. The van der Waals surface area contributed by atoms with Crippen LogP contribution in [0, 0.1) is 35.2 Å². The van der Waals surface area contributed by atoms with Gasteiger partial charge in [0.25, 0.3) is 16.0 Å². The van der Waals surface area contributed by atoms with Gasteiger partial charge in [0.15, 0.2) is 27.3 Å². The summed E-state index contributed by atoms with van der Waals surface area (Å²) in [6.07, 6.45) is 3.24. The van der Waals surface area contributed by atoms with Crippen LogP contribution < -0.4 is 5.32 Å². The molecule has 1 amide bonds. The van der Waals surface area contributed by atoms with E-state index in [1.54, 1.807) is 0 Å². The van der Waals surface area contributed by atoms with Crippen LogP contribution in [0.4, 0.5) is 18.9 Å². The molecule has 4 rings (SSSR count). The van der Waals surface area contributed by atoms with E-state index in [-0.39, 0.29) is 45.5 Å². The molecule has 1 unspecified atom stereocenters. The molecular formula is C23H23ClF3NO6S2. The summed E-state index contributed by atoms with van der Waals surface area (Å²) in [7, 11) is -7.59. The molecule has 0 saturated heterocycles. The summed E-state index contributed by atoms with van der Waals surface area (Å²) in [6, 6.07) is 4.84. The molecule has 1 N–H and O–H groups in total. The molecule has 2 aliphatic rings. The van der Waals surface area contributed by atoms with Crippen molar-refractivity contribution in [3.63, 3.8) is 0 Å². The summed E-state index contributed by atoms with van der Waals surface area (Å²) in [5.74, 6) is -6.05. The zero-order valence-corrected chi connectivity index (χ0v) is 21.4. The Labute approximate surface area is 212 Å². The maximum absolute atomic E-state index is 13.7. The molecular weight excluding hydrogens is 543 g/mol. The maximum Gasteiger partial charge on any atom is 0.264 e. The molecule has 2 aromatic rings. The van der Waals surface area contributed by atoms with E-state index in [1.807, 2.05) is 0 Å². The van der Waals surface area contributed by atoms with Crippen molar-refractivity contribution in [1.29, 1.82) is 0 Å². The fourth-order valence-electron chi connectivity index (χ4n) is 5.30. The Morgan fingerprint density at radius 3 is 2.17 bits per heavy atom. The van der Waals surface area contributed by atoms with Gasteiger partial charge in [0.2, 0.25) is 0 Å². The number of fused-ring (bicyclic) bond motifs is 2. The van der Waals surface area contributed by atoms with Crippen molar-refractivity contribution in [3.05, 3.63) is 58.4 Å². The maximum atomic E-state index is 13.7. The molecule has 2 aliphatic carbocycles. The van der Waals surface area contributed by atoms with Crippen LogP contribution >= 0.6 is 11.6 Å². The van der Waals surface area contributed by atoms with Gasteiger partial charge in [-0.1, -0.05) is 11.6 Å². The zero-order valence-electron chi connectivity index (χ0n) is 19.0. The second-order valence-corrected chi connectivity index (χ2v) is 13.4. The smallest absolute Gasteiger partial charge is 0.264 e. The van der Waals surface area contributed by atoms with Gasteiger partial charge in [-0.05, 0) is 61.6 Å². The minimum Gasteiger partial charge on any atom is -0.322 e. The molecule has 2 saturated carbocycles. The highest BCUT2D eigenvalue weighted by molar-refractivity contribution is 7.92. The van der Waals surface area contributed by atoms with Crippen molar-refractivity contribution >= 4 is 43.2 Å². The third kappa shape index (κ3) is 5.56. The van der Waals surface area contributed by atoms with Crippen LogP contribution in [0.3, 0.4) is 0 Å². The fraction of sp³-hybridized carbons (Fsp3) is 0.435. The standard InChI is InChI=1S/C23H23ClF3NO6S2/c1-35(30,31)34-11-12-6-13-2-3-14(7-12)22(13)36(32,33)20-8-15(4-5-17(20)24)23(29)28-16-9-18(25)21(27)19(26)10-16/h4-5,8-10,12-14,22H,2-3,6-7,11H2,1H3,(H,28,29)/t12-,13-,14?,22+/m0/s1. The van der Waals surface area contributed by atoms with Gasteiger partial charge in [0.05, 0.1) is 28.0 Å². The minimum absolute atomic E-state index is 0.000409. The van der Waals surface area contributed by atoms with Gasteiger partial charge in [0, 0.05) is 23.4 Å². The van der Waals surface area contributed by atoms with E-state index in [0.717, 1.165) is 12.3 Å². The van der Waals surface area contributed by atoms with Crippen LogP contribution in [0.25, 0.3) is 0 Å². The number of carbonyl (C=O) groups excluding carboxylic acids is 1. The van der Waals surface area contributed by atoms with Gasteiger partial charge in [-0.25, -0.2) is 21.6 Å². The third-order valence-corrected chi connectivity index (χ3v) is 10.2. The van der Waals surface area contributed by atoms with Crippen molar-refractivity contribution in [3.8, 4) is 0 Å². The Kier molecular flexibility index (Phi) is 7.44. The van der Waals surface area contributed by atoms with Crippen LogP contribution in [0.2, 0.25) is 5.02 Å². The fourth-order valence-corrected chi connectivity index (χ4v) is 8.61. The molecule has 13 heteroatoms. The Morgan fingerprint density at radius 2 is 1.61 bits per heavy atom. The van der Waals surface area contributed by atoms with Gasteiger partial charge >= 0.3 is 0 Å². The van der Waals surface area contributed by atoms with Gasteiger partial charge in [-0.3, -0.25) is 8.98 Å². The van der Waals surface area contributed by atoms with E-state index in [2.05, 4.69) is 5.32 Å². The Bertz CT molecular complexity index is 1380. The zero-order chi connectivity index (χ0) is 26.4. The number of sulfone groups is 1. The van der Waals surface area contributed by atoms with Crippen molar-refractivity contribution in [2.24, 2.45) is 17.8 Å². The van der Waals surface area contributed by atoms with Gasteiger partial charge in [-0.15, -0.1) is 0 Å². The molecule has 0 aromatic heterocycles. The molecule has 2 fully saturated rings. The van der Waals surface area contributed by atoms with Gasteiger partial charge < -0.3 is 5.32 Å². The molecule has 4 atom stereocenters. The number of carbonyl (C=O) groups is 1. The van der Waals surface area contributed by atoms with Crippen LogP contribution in [-0.2, 0) is 24.1 Å². The number of hydrogen-bond donors (Lipinski definition) is 1. The summed E-state index contributed by atoms with van der Waals surface area (Å²) in [6.45, 7) is -0.000409. The Balaban J connectivity index is 1.56. The molecule has 0 radical (unpaired) electrons. The molecule has 0 spiro atoms. The summed E-state index contributed by atoms with van der Waals surface area (Å²) < 4.78 is 95.1. The number of anilines is 1. The minimum atomic E-state index is -3.98. The van der Waals surface area contributed by atoms with E-state index in [4.69, 9.17) is 15.8 Å². The third-order valence-electron chi connectivity index (χ3n) is 6.73. The highest BCUT2D eigenvalue weighted by Gasteiger charge is 2.50. The van der Waals surface area contributed by atoms with Crippen molar-refractivity contribution < 1.29 is 39.0 Å². The monoisotopic (exact) mass is 565 g/mol. The van der Waals surface area contributed by atoms with Crippen molar-refractivity contribution in [2.45, 2.75) is 35.8 Å². The van der Waals surface area contributed by atoms with Gasteiger partial charge in [-0.2, -0.15) is 8.42 Å². The normalized spacial score (nSPS) is 24.0. The van der Waals surface area contributed by atoms with Crippen molar-refractivity contribution in [2.75, 3.05) is 18.2 Å². The SMILES string of the molecule is CS(=O)(=O)OC[C@@H]1CC2CC[C@@H](C1)[C@H]2S(=O)(=O)c1cc(C(=O)Nc2cc(F)c(F)c(F)c2)ccc1Cl. The lowest BCUT2D eigenvalue weighted by molar-refractivity contribution is 0.102. The first-order chi connectivity index (χ1) is 16.8. The molecule has 2 bridgehead atoms. The van der Waals surface area contributed by atoms with Gasteiger partial charge in [0.1, 0.15) is 0 Å². The second kappa shape index (κ2) is 9.96. The lowest BCUT2D eigenvalue weighted by Crippen LogP contribution is -2.38. The van der Waals surface area contributed by atoms with E-state index in [0.29, 0.717) is 37.8 Å². The number of hydrogen-bond acceptors (Lipinski definition) is 6. The highest BCUT2D eigenvalue weighted by atomic mass is 35.5. The second-order valence-electron chi connectivity index (χ2n) is 9.29.